The van der Waals surface area contributed by atoms with E-state index in [9.17, 15) is 9.59 Å². The van der Waals surface area contributed by atoms with E-state index in [1.54, 1.807) is 54.9 Å². The SMILES string of the molecule is O=C(Nc1ccncc1)c1cccc(NC(=O)c2cc(-c3ccccc3)on2)c1. The summed E-state index contributed by atoms with van der Waals surface area (Å²) in [5.74, 6) is -0.219. The molecule has 0 aliphatic rings. The number of carbonyl (C=O) groups excluding carboxylic acids is 2. The molecule has 2 aromatic carbocycles. The first kappa shape index (κ1) is 18.1. The molecule has 0 unspecified atom stereocenters. The minimum atomic E-state index is -0.428. The second-order valence-electron chi connectivity index (χ2n) is 6.17. The highest BCUT2D eigenvalue weighted by atomic mass is 16.5. The van der Waals surface area contributed by atoms with Gasteiger partial charge >= 0.3 is 0 Å². The second-order valence-corrected chi connectivity index (χ2v) is 6.17. The Morgan fingerprint density at radius 1 is 0.759 bits per heavy atom. The van der Waals surface area contributed by atoms with Crippen molar-refractivity contribution in [3.05, 3.63) is 96.4 Å². The number of pyridine rings is 1. The molecule has 2 aromatic heterocycles. The summed E-state index contributed by atoms with van der Waals surface area (Å²) in [5, 5.41) is 9.33. The average molecular weight is 384 g/mol. The molecule has 0 radical (unpaired) electrons. The number of anilines is 2. The molecule has 7 nitrogen and oxygen atoms in total. The Kier molecular flexibility index (Phi) is 5.11. The van der Waals surface area contributed by atoms with Crippen LogP contribution in [-0.2, 0) is 0 Å². The molecule has 0 atom stereocenters. The third kappa shape index (κ3) is 4.36. The van der Waals surface area contributed by atoms with Crippen molar-refractivity contribution in [2.45, 2.75) is 0 Å². The molecular formula is C22H16N4O3. The van der Waals surface area contributed by atoms with E-state index in [2.05, 4.69) is 20.8 Å². The highest BCUT2D eigenvalue weighted by Gasteiger charge is 2.15. The standard InChI is InChI=1S/C22H16N4O3/c27-21(24-17-9-11-23-12-10-17)16-7-4-8-18(13-16)25-22(28)19-14-20(29-26-19)15-5-2-1-3-6-15/h1-14H,(H,25,28)(H,23,24,27). The number of hydrogen-bond acceptors (Lipinski definition) is 5. The summed E-state index contributed by atoms with van der Waals surface area (Å²) in [6.45, 7) is 0. The van der Waals surface area contributed by atoms with Crippen LogP contribution < -0.4 is 10.6 Å². The van der Waals surface area contributed by atoms with Crippen LogP contribution in [0, 0.1) is 0 Å². The molecule has 142 valence electrons. The zero-order valence-electron chi connectivity index (χ0n) is 15.2. The first-order chi connectivity index (χ1) is 14.2. The lowest BCUT2D eigenvalue weighted by molar-refractivity contribution is 0.101. The number of nitrogens with one attached hydrogen (secondary N) is 2. The van der Waals surface area contributed by atoms with Gasteiger partial charge in [0.1, 0.15) is 0 Å². The third-order valence-electron chi connectivity index (χ3n) is 4.12. The van der Waals surface area contributed by atoms with Gasteiger partial charge in [0.15, 0.2) is 11.5 Å². The maximum absolute atomic E-state index is 12.5. The van der Waals surface area contributed by atoms with Crippen LogP contribution in [0.5, 0.6) is 0 Å². The highest BCUT2D eigenvalue weighted by molar-refractivity contribution is 6.07. The van der Waals surface area contributed by atoms with Gasteiger partial charge in [0.05, 0.1) is 0 Å². The Morgan fingerprint density at radius 3 is 2.31 bits per heavy atom. The van der Waals surface area contributed by atoms with Gasteiger partial charge in [-0.1, -0.05) is 41.6 Å². The van der Waals surface area contributed by atoms with Crippen LogP contribution in [0.1, 0.15) is 20.8 Å². The van der Waals surface area contributed by atoms with Gasteiger partial charge in [-0.05, 0) is 30.3 Å². The molecular weight excluding hydrogens is 368 g/mol. The zero-order chi connectivity index (χ0) is 20.1. The van der Waals surface area contributed by atoms with E-state index in [1.165, 1.54) is 0 Å². The van der Waals surface area contributed by atoms with Crippen molar-refractivity contribution in [3.63, 3.8) is 0 Å². The van der Waals surface area contributed by atoms with Crippen LogP contribution in [0.15, 0.2) is 89.7 Å². The van der Waals surface area contributed by atoms with Crippen LogP contribution in [0.2, 0.25) is 0 Å². The first-order valence-corrected chi connectivity index (χ1v) is 8.84. The number of amides is 2. The fourth-order valence-corrected chi connectivity index (χ4v) is 2.69. The lowest BCUT2D eigenvalue weighted by atomic mass is 10.1. The summed E-state index contributed by atoms with van der Waals surface area (Å²) in [7, 11) is 0. The van der Waals surface area contributed by atoms with E-state index in [1.807, 2.05) is 30.3 Å². The normalized spacial score (nSPS) is 10.3. The van der Waals surface area contributed by atoms with Crippen molar-refractivity contribution in [1.82, 2.24) is 10.1 Å². The number of nitrogens with zero attached hydrogens (tertiary/aromatic N) is 2. The van der Waals surface area contributed by atoms with Crippen molar-refractivity contribution < 1.29 is 14.1 Å². The van der Waals surface area contributed by atoms with Crippen molar-refractivity contribution >= 4 is 23.2 Å². The van der Waals surface area contributed by atoms with Crippen molar-refractivity contribution in [2.24, 2.45) is 0 Å². The third-order valence-corrected chi connectivity index (χ3v) is 4.12. The van der Waals surface area contributed by atoms with Gasteiger partial charge < -0.3 is 15.2 Å². The molecule has 0 saturated heterocycles. The molecule has 0 bridgehead atoms. The quantitative estimate of drug-likeness (QED) is 0.536. The van der Waals surface area contributed by atoms with Gasteiger partial charge in [0, 0.05) is 41.0 Å². The van der Waals surface area contributed by atoms with Gasteiger partial charge in [-0.25, -0.2) is 0 Å². The monoisotopic (exact) mass is 384 g/mol. The molecule has 0 fully saturated rings. The smallest absolute Gasteiger partial charge is 0.277 e. The molecule has 2 amide bonds. The Balaban J connectivity index is 1.46. The predicted molar refractivity (Wildman–Crippen MR) is 109 cm³/mol. The summed E-state index contributed by atoms with van der Waals surface area (Å²) in [4.78, 5) is 28.8. The summed E-state index contributed by atoms with van der Waals surface area (Å²) in [6.07, 6.45) is 3.18. The fraction of sp³-hybridized carbons (Fsp3) is 0. The van der Waals surface area contributed by atoms with Gasteiger partial charge in [0.25, 0.3) is 11.8 Å². The van der Waals surface area contributed by atoms with E-state index >= 15 is 0 Å². The Morgan fingerprint density at radius 2 is 1.52 bits per heavy atom. The van der Waals surface area contributed by atoms with E-state index in [4.69, 9.17) is 4.52 Å². The molecule has 0 aliphatic carbocycles. The number of hydrogen-bond donors (Lipinski definition) is 2. The number of rotatable bonds is 5. The molecule has 4 aromatic rings. The Hall–Kier alpha value is -4.26. The van der Waals surface area contributed by atoms with Gasteiger partial charge in [-0.15, -0.1) is 0 Å². The van der Waals surface area contributed by atoms with E-state index in [0.717, 1.165) is 5.56 Å². The summed E-state index contributed by atoms with van der Waals surface area (Å²) in [5.41, 5.74) is 2.49. The molecule has 0 saturated carbocycles. The topological polar surface area (TPSA) is 97.1 Å². The molecule has 2 heterocycles. The number of benzene rings is 2. The van der Waals surface area contributed by atoms with Crippen molar-refractivity contribution in [2.75, 3.05) is 10.6 Å². The molecule has 7 heteroatoms. The lowest BCUT2D eigenvalue weighted by Gasteiger charge is -2.07. The summed E-state index contributed by atoms with van der Waals surface area (Å²) >= 11 is 0. The zero-order valence-corrected chi connectivity index (χ0v) is 15.2. The van der Waals surface area contributed by atoms with Crippen molar-refractivity contribution in [3.8, 4) is 11.3 Å². The van der Waals surface area contributed by atoms with Gasteiger partial charge in [0.2, 0.25) is 0 Å². The molecule has 0 aliphatic heterocycles. The maximum atomic E-state index is 12.5. The van der Waals surface area contributed by atoms with Crippen LogP contribution in [0.25, 0.3) is 11.3 Å². The summed E-state index contributed by atoms with van der Waals surface area (Å²) in [6, 6.07) is 21.0. The van der Waals surface area contributed by atoms with E-state index in [-0.39, 0.29) is 11.6 Å². The van der Waals surface area contributed by atoms with Gasteiger partial charge in [-0.2, -0.15) is 0 Å². The lowest BCUT2D eigenvalue weighted by Crippen LogP contribution is -2.14. The largest absolute Gasteiger partial charge is 0.355 e. The predicted octanol–water partition coefficient (Wildman–Crippen LogP) is 4.24. The molecule has 29 heavy (non-hydrogen) atoms. The fourth-order valence-electron chi connectivity index (χ4n) is 2.69. The summed E-state index contributed by atoms with van der Waals surface area (Å²) < 4.78 is 5.26. The minimum Gasteiger partial charge on any atom is -0.355 e. The van der Waals surface area contributed by atoms with Crippen LogP contribution in [-0.4, -0.2) is 22.0 Å². The van der Waals surface area contributed by atoms with E-state index < -0.39 is 5.91 Å². The molecule has 4 rings (SSSR count). The van der Waals surface area contributed by atoms with E-state index in [0.29, 0.717) is 22.7 Å². The van der Waals surface area contributed by atoms with Crippen molar-refractivity contribution in [1.29, 1.82) is 0 Å². The molecule has 0 spiro atoms. The van der Waals surface area contributed by atoms with Gasteiger partial charge in [-0.3, -0.25) is 14.6 Å². The maximum Gasteiger partial charge on any atom is 0.277 e. The number of aromatic nitrogens is 2. The molecule has 2 N–H and O–H groups in total. The average Bonchev–Trinajstić information content (AvgIpc) is 3.26. The Bertz CT molecular complexity index is 1140. The second kappa shape index (κ2) is 8.18. The van der Waals surface area contributed by atoms with Crippen LogP contribution in [0.3, 0.4) is 0 Å². The minimum absolute atomic E-state index is 0.149. The Labute approximate surface area is 166 Å². The van der Waals surface area contributed by atoms with Crippen LogP contribution >= 0.6 is 0 Å². The first-order valence-electron chi connectivity index (χ1n) is 8.84. The number of carbonyl (C=O) groups is 2. The van der Waals surface area contributed by atoms with Crippen LogP contribution in [0.4, 0.5) is 11.4 Å². The highest BCUT2D eigenvalue weighted by Crippen LogP contribution is 2.20.